The summed E-state index contributed by atoms with van der Waals surface area (Å²) in [7, 11) is 1.42. The van der Waals surface area contributed by atoms with E-state index < -0.39 is 5.82 Å². The molecule has 0 unspecified atom stereocenters. The Hall–Kier alpha value is -1.20. The Morgan fingerprint density at radius 3 is 3.00 bits per heavy atom. The zero-order chi connectivity index (χ0) is 14.3. The van der Waals surface area contributed by atoms with Gasteiger partial charge in [0.2, 0.25) is 0 Å². The van der Waals surface area contributed by atoms with E-state index in [9.17, 15) is 9.18 Å². The molecule has 0 N–H and O–H groups in total. The molecule has 0 amide bonds. The minimum absolute atomic E-state index is 0.0199. The molecule has 6 heteroatoms. The largest absolute Gasteiger partial charge is 0.469 e. The first kappa shape index (κ1) is 13.8. The highest BCUT2D eigenvalue weighted by atomic mass is 35.5. The van der Waals surface area contributed by atoms with Crippen LogP contribution >= 0.6 is 11.6 Å². The lowest BCUT2D eigenvalue weighted by molar-refractivity contribution is -0.151. The van der Waals surface area contributed by atoms with Gasteiger partial charge < -0.3 is 4.74 Å². The molecule has 4 nitrogen and oxygen atoms in total. The van der Waals surface area contributed by atoms with Crippen LogP contribution in [0.3, 0.4) is 0 Å². The van der Waals surface area contributed by atoms with Crippen molar-refractivity contribution in [3.63, 3.8) is 0 Å². The number of hydrogen-bond acceptors (Lipinski definition) is 4. The highest BCUT2D eigenvalue weighted by Crippen LogP contribution is 2.35. The van der Waals surface area contributed by atoms with Gasteiger partial charge in [0.25, 0.3) is 0 Å². The number of pyridine rings is 1. The van der Waals surface area contributed by atoms with Gasteiger partial charge in [-0.15, -0.1) is 0 Å². The van der Waals surface area contributed by atoms with Crippen LogP contribution in [0.15, 0.2) is 6.07 Å². The van der Waals surface area contributed by atoms with Crippen molar-refractivity contribution in [3.05, 3.63) is 28.3 Å². The molecular formula is C14H16ClFN2O2. The quantitative estimate of drug-likeness (QED) is 0.620. The van der Waals surface area contributed by atoms with Gasteiger partial charge in [-0.1, -0.05) is 11.6 Å². The van der Waals surface area contributed by atoms with E-state index in [1.54, 1.807) is 0 Å². The van der Waals surface area contributed by atoms with Crippen LogP contribution in [-0.2, 0) is 22.5 Å². The number of rotatable bonds is 2. The summed E-state index contributed by atoms with van der Waals surface area (Å²) in [6, 6.07) is 1.86. The lowest BCUT2D eigenvalue weighted by atomic mass is 9.78. The normalized spacial score (nSPS) is 25.8. The number of carbonyl (C=O) groups excluding carboxylic acids is 1. The monoisotopic (exact) mass is 298 g/mol. The van der Waals surface area contributed by atoms with Crippen LogP contribution in [0, 0.1) is 11.7 Å². The van der Waals surface area contributed by atoms with Gasteiger partial charge in [0.15, 0.2) is 11.0 Å². The molecule has 0 radical (unpaired) electrons. The van der Waals surface area contributed by atoms with E-state index >= 15 is 0 Å². The number of halogens is 2. The molecule has 1 aliphatic carbocycles. The first-order valence-electron chi connectivity index (χ1n) is 6.74. The first-order chi connectivity index (χ1) is 9.58. The highest BCUT2D eigenvalue weighted by molar-refractivity contribution is 6.29. The van der Waals surface area contributed by atoms with Crippen molar-refractivity contribution in [1.29, 1.82) is 0 Å². The summed E-state index contributed by atoms with van der Waals surface area (Å²) in [5, 5.41) is -0.0494. The molecule has 0 atom stereocenters. The van der Waals surface area contributed by atoms with Gasteiger partial charge in [-0.05, 0) is 24.5 Å². The number of ether oxygens (including phenoxy) is 1. The fourth-order valence-electron chi connectivity index (χ4n) is 3.00. The fourth-order valence-corrected chi connectivity index (χ4v) is 3.15. The SMILES string of the molecule is COC(=O)C1CC(N2CCc3nc(Cl)c(F)cc3C2)C1. The summed E-state index contributed by atoms with van der Waals surface area (Å²) < 4.78 is 18.2. The molecular weight excluding hydrogens is 283 g/mol. The molecule has 1 saturated carbocycles. The van der Waals surface area contributed by atoms with E-state index in [1.807, 2.05) is 0 Å². The molecule has 1 aromatic heterocycles. The van der Waals surface area contributed by atoms with Crippen molar-refractivity contribution in [3.8, 4) is 0 Å². The number of carbonyl (C=O) groups is 1. The molecule has 2 heterocycles. The second-order valence-electron chi connectivity index (χ2n) is 5.43. The van der Waals surface area contributed by atoms with Crippen LogP contribution in [0.25, 0.3) is 0 Å². The van der Waals surface area contributed by atoms with E-state index in [-0.39, 0.29) is 17.0 Å². The molecule has 3 rings (SSSR count). The van der Waals surface area contributed by atoms with Crippen LogP contribution in [0.2, 0.25) is 5.15 Å². The van der Waals surface area contributed by atoms with Crippen LogP contribution in [0.1, 0.15) is 24.1 Å². The smallest absolute Gasteiger partial charge is 0.308 e. The fraction of sp³-hybridized carbons (Fsp3) is 0.571. The van der Waals surface area contributed by atoms with E-state index in [0.29, 0.717) is 12.6 Å². The summed E-state index contributed by atoms with van der Waals surface area (Å²) >= 11 is 5.70. The summed E-state index contributed by atoms with van der Waals surface area (Å²) in [5.74, 6) is -0.571. The molecule has 1 aliphatic heterocycles. The Morgan fingerprint density at radius 2 is 2.30 bits per heavy atom. The lowest BCUT2D eigenvalue weighted by Crippen LogP contribution is -2.49. The van der Waals surface area contributed by atoms with Crippen LogP contribution in [0.5, 0.6) is 0 Å². The number of hydrogen-bond donors (Lipinski definition) is 0. The van der Waals surface area contributed by atoms with Crippen LogP contribution in [-0.4, -0.2) is 35.5 Å². The van der Waals surface area contributed by atoms with E-state index in [0.717, 1.165) is 37.1 Å². The predicted octanol–water partition coefficient (Wildman–Crippen LogP) is 2.18. The maximum Gasteiger partial charge on any atom is 0.308 e. The third kappa shape index (κ3) is 2.40. The molecule has 2 aliphatic rings. The molecule has 0 aromatic carbocycles. The number of fused-ring (bicyclic) bond motifs is 1. The molecule has 20 heavy (non-hydrogen) atoms. The van der Waals surface area contributed by atoms with E-state index in [1.165, 1.54) is 13.2 Å². The second-order valence-corrected chi connectivity index (χ2v) is 5.79. The van der Waals surface area contributed by atoms with Crippen molar-refractivity contribution in [2.45, 2.75) is 31.8 Å². The van der Waals surface area contributed by atoms with Gasteiger partial charge >= 0.3 is 5.97 Å². The van der Waals surface area contributed by atoms with Gasteiger partial charge in [-0.3, -0.25) is 9.69 Å². The molecule has 0 bridgehead atoms. The number of nitrogens with zero attached hydrogens (tertiary/aromatic N) is 2. The number of methoxy groups -OCH3 is 1. The standard InChI is InChI=1S/C14H16ClFN2O2/c1-20-14(19)8-4-10(5-8)18-3-2-12-9(7-18)6-11(16)13(15)17-12/h6,8,10H,2-5,7H2,1H3. The lowest BCUT2D eigenvalue weighted by Gasteiger charge is -2.43. The Labute approximate surface area is 121 Å². The maximum absolute atomic E-state index is 13.5. The molecule has 1 aromatic rings. The van der Waals surface area contributed by atoms with Gasteiger partial charge in [0, 0.05) is 31.2 Å². The Kier molecular flexibility index (Phi) is 3.65. The summed E-state index contributed by atoms with van der Waals surface area (Å²) in [5.41, 5.74) is 1.79. The third-order valence-corrected chi connectivity index (χ3v) is 4.54. The second kappa shape index (κ2) is 5.30. The number of esters is 1. The Bertz CT molecular complexity index is 546. The predicted molar refractivity (Wildman–Crippen MR) is 71.8 cm³/mol. The topological polar surface area (TPSA) is 42.4 Å². The summed E-state index contributed by atoms with van der Waals surface area (Å²) in [6.45, 7) is 1.55. The minimum Gasteiger partial charge on any atom is -0.469 e. The Morgan fingerprint density at radius 1 is 1.55 bits per heavy atom. The molecule has 0 spiro atoms. The van der Waals surface area contributed by atoms with Gasteiger partial charge in [-0.25, -0.2) is 9.37 Å². The van der Waals surface area contributed by atoms with Crippen molar-refractivity contribution in [2.24, 2.45) is 5.92 Å². The average molecular weight is 299 g/mol. The summed E-state index contributed by atoms with van der Waals surface area (Å²) in [6.07, 6.45) is 2.42. The molecule has 0 saturated heterocycles. The first-order valence-corrected chi connectivity index (χ1v) is 7.12. The number of aromatic nitrogens is 1. The minimum atomic E-state index is -0.465. The van der Waals surface area contributed by atoms with Gasteiger partial charge in [0.1, 0.15) is 0 Å². The third-order valence-electron chi connectivity index (χ3n) is 4.28. The average Bonchev–Trinajstić information content (AvgIpc) is 2.38. The zero-order valence-electron chi connectivity index (χ0n) is 11.2. The highest BCUT2D eigenvalue weighted by Gasteiger charge is 2.39. The van der Waals surface area contributed by atoms with Gasteiger partial charge in [0.05, 0.1) is 13.0 Å². The summed E-state index contributed by atoms with van der Waals surface area (Å²) in [4.78, 5) is 17.8. The van der Waals surface area contributed by atoms with Crippen molar-refractivity contribution < 1.29 is 13.9 Å². The zero-order valence-corrected chi connectivity index (χ0v) is 12.0. The molecule has 108 valence electrons. The van der Waals surface area contributed by atoms with Crippen LogP contribution < -0.4 is 0 Å². The van der Waals surface area contributed by atoms with E-state index in [2.05, 4.69) is 9.88 Å². The van der Waals surface area contributed by atoms with Crippen LogP contribution in [0.4, 0.5) is 4.39 Å². The van der Waals surface area contributed by atoms with Gasteiger partial charge in [-0.2, -0.15) is 0 Å². The van der Waals surface area contributed by atoms with Crippen molar-refractivity contribution in [1.82, 2.24) is 9.88 Å². The molecule has 1 fully saturated rings. The maximum atomic E-state index is 13.5. The van der Waals surface area contributed by atoms with Crippen molar-refractivity contribution >= 4 is 17.6 Å². The van der Waals surface area contributed by atoms with Crippen molar-refractivity contribution in [2.75, 3.05) is 13.7 Å². The Balaban J connectivity index is 1.65. The van der Waals surface area contributed by atoms with E-state index in [4.69, 9.17) is 16.3 Å².